The van der Waals surface area contributed by atoms with Gasteiger partial charge in [0.2, 0.25) is 0 Å². The highest BCUT2D eigenvalue weighted by Crippen LogP contribution is 2.43. The van der Waals surface area contributed by atoms with Crippen LogP contribution in [0.15, 0.2) is 158 Å². The van der Waals surface area contributed by atoms with E-state index >= 15 is 0 Å². The monoisotopic (exact) mass is 578 g/mol. The van der Waals surface area contributed by atoms with Gasteiger partial charge in [-0.25, -0.2) is 0 Å². The van der Waals surface area contributed by atoms with E-state index in [4.69, 9.17) is 0 Å². The zero-order chi connectivity index (χ0) is 29.9. The highest BCUT2D eigenvalue weighted by atomic mass is 14.2. The fourth-order valence-electron chi connectivity index (χ4n) is 8.40. The summed E-state index contributed by atoms with van der Waals surface area (Å²) in [4.78, 5) is 0. The van der Waals surface area contributed by atoms with Gasteiger partial charge in [0.15, 0.2) is 0 Å². The fourth-order valence-corrected chi connectivity index (χ4v) is 8.40. The molecule has 0 aliphatic carbocycles. The molecule has 11 aromatic carbocycles. The Hall–Kier alpha value is -5.98. The normalized spacial score (nSPS) is 12.3. The molecule has 0 bridgehead atoms. The molecule has 0 fully saturated rings. The molecule has 0 saturated carbocycles. The summed E-state index contributed by atoms with van der Waals surface area (Å²) in [5, 5.41) is 21.0. The predicted molar refractivity (Wildman–Crippen MR) is 200 cm³/mol. The minimum atomic E-state index is 1.26. The van der Waals surface area contributed by atoms with E-state index in [2.05, 4.69) is 158 Å². The molecule has 0 aliphatic heterocycles. The maximum Gasteiger partial charge on any atom is -0.00206 e. The van der Waals surface area contributed by atoms with Crippen LogP contribution in [0.4, 0.5) is 0 Å². The lowest BCUT2D eigenvalue weighted by molar-refractivity contribution is 1.69. The maximum atomic E-state index is 2.41. The molecular formula is C46H26. The molecular weight excluding hydrogens is 553 g/mol. The summed E-state index contributed by atoms with van der Waals surface area (Å²) in [6.07, 6.45) is 0. The molecule has 210 valence electrons. The molecule has 46 heavy (non-hydrogen) atoms. The van der Waals surface area contributed by atoms with Gasteiger partial charge in [-0.15, -0.1) is 0 Å². The molecule has 0 heterocycles. The van der Waals surface area contributed by atoms with Crippen molar-refractivity contribution >= 4 is 86.2 Å². The second-order valence-corrected chi connectivity index (χ2v) is 12.9. The molecule has 0 heteroatoms. The first-order valence-corrected chi connectivity index (χ1v) is 16.1. The van der Waals surface area contributed by atoms with Crippen LogP contribution in [0, 0.1) is 0 Å². The molecule has 0 spiro atoms. The Kier molecular flexibility index (Phi) is 4.66. The Balaban J connectivity index is 1.15. The molecule has 0 aromatic heterocycles. The maximum absolute atomic E-state index is 2.41. The molecule has 0 aliphatic rings. The van der Waals surface area contributed by atoms with Crippen LogP contribution in [-0.4, -0.2) is 0 Å². The van der Waals surface area contributed by atoms with Gasteiger partial charge in [-0.2, -0.15) is 0 Å². The average molecular weight is 579 g/mol. The predicted octanol–water partition coefficient (Wildman–Crippen LogP) is 13.1. The zero-order valence-electron chi connectivity index (χ0n) is 25.0. The van der Waals surface area contributed by atoms with Crippen molar-refractivity contribution in [2.24, 2.45) is 0 Å². The molecule has 11 rings (SSSR count). The molecule has 0 radical (unpaired) electrons. The van der Waals surface area contributed by atoms with Crippen LogP contribution in [0.3, 0.4) is 0 Å². The number of rotatable bonds is 2. The molecule has 11 aromatic rings. The third kappa shape index (κ3) is 3.23. The van der Waals surface area contributed by atoms with Crippen LogP contribution in [0.1, 0.15) is 0 Å². The summed E-state index contributed by atoms with van der Waals surface area (Å²) in [6, 6.07) is 59.2. The molecule has 0 unspecified atom stereocenters. The van der Waals surface area contributed by atoms with Crippen molar-refractivity contribution in [3.63, 3.8) is 0 Å². The van der Waals surface area contributed by atoms with Crippen molar-refractivity contribution in [3.8, 4) is 22.3 Å². The highest BCUT2D eigenvalue weighted by molar-refractivity contribution is 6.27. The van der Waals surface area contributed by atoms with Crippen molar-refractivity contribution in [2.45, 2.75) is 0 Å². The largest absolute Gasteiger partial charge is 0.0616 e. The van der Waals surface area contributed by atoms with Gasteiger partial charge >= 0.3 is 0 Å². The molecule has 0 saturated heterocycles. The van der Waals surface area contributed by atoms with E-state index in [1.807, 2.05) is 0 Å². The minimum Gasteiger partial charge on any atom is -0.0616 e. The highest BCUT2D eigenvalue weighted by Gasteiger charge is 2.16. The van der Waals surface area contributed by atoms with Crippen molar-refractivity contribution < 1.29 is 0 Å². The summed E-state index contributed by atoms with van der Waals surface area (Å²) in [5.41, 5.74) is 5.09. The lowest BCUT2D eigenvalue weighted by Crippen LogP contribution is -1.89. The summed E-state index contributed by atoms with van der Waals surface area (Å²) < 4.78 is 0. The standard InChI is InChI=1S/C46H26/c1-2-10-39-38(9-1)41-25-32(37-21-19-31-12-11-29-7-4-8-30-20-22-40(37)46(31)44(29)30)15-16-33(41)26-42(39)36-23-34-17-13-27-5-3-6-28-14-18-35(24-36)45(34)43(27)28/h1-26H. The van der Waals surface area contributed by atoms with E-state index in [9.17, 15) is 0 Å². The van der Waals surface area contributed by atoms with Gasteiger partial charge in [-0.05, 0) is 133 Å². The van der Waals surface area contributed by atoms with E-state index in [-0.39, 0.29) is 0 Å². The van der Waals surface area contributed by atoms with E-state index < -0.39 is 0 Å². The Bertz CT molecular complexity index is 2940. The Morgan fingerprint density at radius 1 is 0.217 bits per heavy atom. The van der Waals surface area contributed by atoms with Crippen LogP contribution in [0.5, 0.6) is 0 Å². The zero-order valence-corrected chi connectivity index (χ0v) is 25.0. The number of benzene rings is 11. The lowest BCUT2D eigenvalue weighted by atomic mass is 9.87. The van der Waals surface area contributed by atoms with Crippen LogP contribution >= 0.6 is 0 Å². The first-order chi connectivity index (χ1) is 22.8. The summed E-state index contributed by atoms with van der Waals surface area (Å²) in [7, 11) is 0. The Morgan fingerprint density at radius 2 is 0.739 bits per heavy atom. The molecule has 0 atom stereocenters. The van der Waals surface area contributed by atoms with Crippen LogP contribution in [0.25, 0.3) is 108 Å². The second kappa shape index (κ2) is 8.81. The van der Waals surface area contributed by atoms with Gasteiger partial charge in [-0.3, -0.25) is 0 Å². The average Bonchev–Trinajstić information content (AvgIpc) is 3.12. The van der Waals surface area contributed by atoms with E-state index in [1.54, 1.807) is 0 Å². The molecule has 0 N–H and O–H groups in total. The van der Waals surface area contributed by atoms with E-state index in [1.165, 1.54) is 108 Å². The number of fused-ring (bicyclic) bond motifs is 3. The first-order valence-electron chi connectivity index (χ1n) is 16.1. The van der Waals surface area contributed by atoms with Crippen molar-refractivity contribution in [2.75, 3.05) is 0 Å². The van der Waals surface area contributed by atoms with E-state index in [0.717, 1.165) is 0 Å². The SMILES string of the molecule is c1cc2ccc3cc(-c4cc5ccc(-c6ccc7ccc8cccc9ccc6c7c89)cc5c5ccccc45)cc4ccc(c1)c2c34. The van der Waals surface area contributed by atoms with Gasteiger partial charge in [0.25, 0.3) is 0 Å². The quantitative estimate of drug-likeness (QED) is 0.179. The van der Waals surface area contributed by atoms with Gasteiger partial charge in [0.1, 0.15) is 0 Å². The van der Waals surface area contributed by atoms with Crippen LogP contribution in [-0.2, 0) is 0 Å². The van der Waals surface area contributed by atoms with Gasteiger partial charge in [0, 0.05) is 0 Å². The van der Waals surface area contributed by atoms with E-state index in [0.29, 0.717) is 0 Å². The van der Waals surface area contributed by atoms with Gasteiger partial charge in [0.05, 0.1) is 0 Å². The number of hydrogen-bond acceptors (Lipinski definition) is 0. The smallest absolute Gasteiger partial charge is 0.00206 e. The van der Waals surface area contributed by atoms with Crippen LogP contribution in [0.2, 0.25) is 0 Å². The first kappa shape index (κ1) is 24.4. The summed E-state index contributed by atoms with van der Waals surface area (Å²) >= 11 is 0. The Labute approximate surface area is 265 Å². The fraction of sp³-hybridized carbons (Fsp3) is 0. The minimum absolute atomic E-state index is 1.26. The molecule has 0 amide bonds. The second-order valence-electron chi connectivity index (χ2n) is 12.9. The topological polar surface area (TPSA) is 0 Å². The van der Waals surface area contributed by atoms with Crippen LogP contribution < -0.4 is 0 Å². The Morgan fingerprint density at radius 3 is 1.43 bits per heavy atom. The van der Waals surface area contributed by atoms with Crippen molar-refractivity contribution in [3.05, 3.63) is 158 Å². The van der Waals surface area contributed by atoms with Gasteiger partial charge < -0.3 is 0 Å². The van der Waals surface area contributed by atoms with Crippen molar-refractivity contribution in [1.82, 2.24) is 0 Å². The lowest BCUT2D eigenvalue weighted by Gasteiger charge is -2.16. The number of hydrogen-bond donors (Lipinski definition) is 0. The molecule has 0 nitrogen and oxygen atoms in total. The summed E-state index contributed by atoms with van der Waals surface area (Å²) in [5.74, 6) is 0. The third-order valence-electron chi connectivity index (χ3n) is 10.5. The third-order valence-corrected chi connectivity index (χ3v) is 10.5. The summed E-state index contributed by atoms with van der Waals surface area (Å²) in [6.45, 7) is 0. The van der Waals surface area contributed by atoms with Gasteiger partial charge in [-0.1, -0.05) is 133 Å². The van der Waals surface area contributed by atoms with Crippen molar-refractivity contribution in [1.29, 1.82) is 0 Å².